The molecule has 2 heterocycles. The molecule has 0 spiro atoms. The van der Waals surface area contributed by atoms with Gasteiger partial charge in [-0.3, -0.25) is 0 Å². The number of rotatable bonds is 3. The molecule has 2 atom stereocenters. The van der Waals surface area contributed by atoms with E-state index in [1.165, 1.54) is 12.4 Å². The lowest BCUT2D eigenvalue weighted by molar-refractivity contribution is -0.140. The van der Waals surface area contributed by atoms with Crippen molar-refractivity contribution >= 4 is 16.6 Å². The maximum absolute atomic E-state index is 14.1. The minimum Gasteiger partial charge on any atom is -0.380 e. The van der Waals surface area contributed by atoms with Crippen LogP contribution in [0.25, 0.3) is 10.9 Å². The predicted molar refractivity (Wildman–Crippen MR) is 98.6 cm³/mol. The first-order valence-electron chi connectivity index (χ1n) is 8.96. The first-order chi connectivity index (χ1) is 13.4. The molecule has 1 aliphatic rings. The Balaban J connectivity index is 1.64. The average molecular weight is 390 g/mol. The van der Waals surface area contributed by atoms with Crippen molar-refractivity contribution in [2.24, 2.45) is 0 Å². The van der Waals surface area contributed by atoms with Gasteiger partial charge in [-0.2, -0.15) is 13.2 Å². The van der Waals surface area contributed by atoms with Crippen molar-refractivity contribution in [3.63, 3.8) is 0 Å². The smallest absolute Gasteiger partial charge is 0.380 e. The van der Waals surface area contributed by atoms with E-state index in [-0.39, 0.29) is 12.0 Å². The maximum Gasteiger partial charge on any atom is 0.419 e. The van der Waals surface area contributed by atoms with Crippen LogP contribution in [0, 0.1) is 5.82 Å². The van der Waals surface area contributed by atoms with E-state index in [1.807, 2.05) is 18.2 Å². The molecule has 2 aromatic carbocycles. The Bertz CT molecular complexity index is 984. The van der Waals surface area contributed by atoms with Gasteiger partial charge in [-0.25, -0.2) is 14.4 Å². The summed E-state index contributed by atoms with van der Waals surface area (Å²) in [6.07, 6.45) is -0.823. The number of fused-ring (bicyclic) bond motifs is 1. The van der Waals surface area contributed by atoms with Crippen molar-refractivity contribution in [1.82, 2.24) is 15.3 Å². The lowest BCUT2D eigenvalue weighted by atomic mass is 9.85. The zero-order valence-corrected chi connectivity index (χ0v) is 14.8. The van der Waals surface area contributed by atoms with E-state index < -0.39 is 17.6 Å². The number of hydrogen-bond donors (Lipinski definition) is 2. The summed E-state index contributed by atoms with van der Waals surface area (Å²) >= 11 is 0. The Morgan fingerprint density at radius 1 is 1.14 bits per heavy atom. The first kappa shape index (κ1) is 18.6. The van der Waals surface area contributed by atoms with Gasteiger partial charge in [-0.1, -0.05) is 12.1 Å². The zero-order valence-electron chi connectivity index (χ0n) is 14.8. The lowest BCUT2D eigenvalue weighted by Crippen LogP contribution is -2.44. The minimum atomic E-state index is -4.70. The number of nitrogens with zero attached hydrogens (tertiary/aromatic N) is 2. The summed E-state index contributed by atoms with van der Waals surface area (Å²) in [6.45, 7) is 1.32. The van der Waals surface area contributed by atoms with Crippen LogP contribution in [0.15, 0.2) is 48.9 Å². The highest BCUT2D eigenvalue weighted by Gasteiger charge is 2.35. The third-order valence-corrected chi connectivity index (χ3v) is 5.10. The van der Waals surface area contributed by atoms with Gasteiger partial charge in [0.1, 0.15) is 12.1 Å². The number of piperidine rings is 1. The summed E-state index contributed by atoms with van der Waals surface area (Å²) in [5, 5.41) is 7.59. The largest absolute Gasteiger partial charge is 0.419 e. The number of hydrogen-bond acceptors (Lipinski definition) is 4. The fraction of sp³-hybridized carbons (Fsp3) is 0.300. The molecule has 1 saturated heterocycles. The van der Waals surface area contributed by atoms with Gasteiger partial charge in [0.05, 0.1) is 11.1 Å². The predicted octanol–water partition coefficient (Wildman–Crippen LogP) is 4.35. The van der Waals surface area contributed by atoms with Crippen molar-refractivity contribution in [1.29, 1.82) is 0 Å². The minimum absolute atomic E-state index is 0.115. The molecule has 146 valence electrons. The van der Waals surface area contributed by atoms with Crippen molar-refractivity contribution in [3.8, 4) is 0 Å². The lowest BCUT2D eigenvalue weighted by Gasteiger charge is -2.34. The number of halogens is 4. The van der Waals surface area contributed by atoms with Gasteiger partial charge in [-0.15, -0.1) is 0 Å². The molecule has 1 aromatic heterocycles. The van der Waals surface area contributed by atoms with Crippen LogP contribution in [-0.4, -0.2) is 29.1 Å². The Kier molecular flexibility index (Phi) is 4.89. The highest BCUT2D eigenvalue weighted by atomic mass is 19.4. The zero-order chi connectivity index (χ0) is 19.7. The quantitative estimate of drug-likeness (QED) is 0.653. The monoisotopic (exact) mass is 390 g/mol. The molecule has 1 fully saturated rings. The van der Waals surface area contributed by atoms with Crippen LogP contribution in [0.2, 0.25) is 0 Å². The van der Waals surface area contributed by atoms with Crippen molar-refractivity contribution < 1.29 is 17.6 Å². The number of aromatic nitrogens is 2. The second-order valence-corrected chi connectivity index (χ2v) is 6.85. The summed E-state index contributed by atoms with van der Waals surface area (Å²) in [5.41, 5.74) is 0.951. The Hall–Kier alpha value is -2.74. The van der Waals surface area contributed by atoms with Crippen LogP contribution in [0.3, 0.4) is 0 Å². The Morgan fingerprint density at radius 3 is 2.79 bits per heavy atom. The van der Waals surface area contributed by atoms with E-state index in [1.54, 1.807) is 6.20 Å². The summed E-state index contributed by atoms with van der Waals surface area (Å²) in [7, 11) is 0. The highest BCUT2D eigenvalue weighted by Crippen LogP contribution is 2.35. The molecule has 3 aromatic rings. The van der Waals surface area contributed by atoms with Gasteiger partial charge in [0.25, 0.3) is 0 Å². The van der Waals surface area contributed by atoms with Crippen LogP contribution >= 0.6 is 0 Å². The van der Waals surface area contributed by atoms with Gasteiger partial charge >= 0.3 is 6.18 Å². The molecule has 4 nitrogen and oxygen atoms in total. The molecule has 0 radical (unpaired) electrons. The molecule has 0 aliphatic carbocycles. The molecule has 0 amide bonds. The van der Waals surface area contributed by atoms with Gasteiger partial charge in [-0.05, 0) is 42.8 Å². The summed E-state index contributed by atoms with van der Waals surface area (Å²) < 4.78 is 52.7. The van der Waals surface area contributed by atoms with Gasteiger partial charge in [0, 0.05) is 35.8 Å². The summed E-state index contributed by atoms with van der Waals surface area (Å²) in [4.78, 5) is 8.30. The van der Waals surface area contributed by atoms with E-state index in [2.05, 4.69) is 20.6 Å². The SMILES string of the molecule is Fc1cc([C@@H]2CCNC[C@H]2Nc2cccc3ncncc23)ccc1C(F)(F)F. The number of alkyl halides is 3. The van der Waals surface area contributed by atoms with E-state index >= 15 is 0 Å². The molecular weight excluding hydrogens is 372 g/mol. The number of nitrogens with one attached hydrogen (secondary N) is 2. The molecule has 0 saturated carbocycles. The molecule has 0 bridgehead atoms. The average Bonchev–Trinajstić information content (AvgIpc) is 2.68. The third-order valence-electron chi connectivity index (χ3n) is 5.10. The topological polar surface area (TPSA) is 49.8 Å². The number of benzene rings is 2. The second-order valence-electron chi connectivity index (χ2n) is 6.85. The number of anilines is 1. The molecule has 0 unspecified atom stereocenters. The molecule has 1 aliphatic heterocycles. The van der Waals surface area contributed by atoms with E-state index in [0.29, 0.717) is 25.1 Å². The van der Waals surface area contributed by atoms with E-state index in [9.17, 15) is 17.6 Å². The standard InChI is InChI=1S/C20H18F4N4/c21-16-8-12(4-5-15(16)20(22,23)24)13-6-7-25-10-19(13)28-18-3-1-2-17-14(18)9-26-11-27-17/h1-5,8-9,11,13,19,25,28H,6-7,10H2/t13-,19+/m0/s1. The van der Waals surface area contributed by atoms with Gasteiger partial charge < -0.3 is 10.6 Å². The van der Waals surface area contributed by atoms with E-state index in [4.69, 9.17) is 0 Å². The third kappa shape index (κ3) is 3.64. The summed E-state index contributed by atoms with van der Waals surface area (Å²) in [6, 6.07) is 8.77. The normalized spacial score (nSPS) is 20.3. The van der Waals surface area contributed by atoms with Crippen molar-refractivity contribution in [3.05, 3.63) is 65.9 Å². The van der Waals surface area contributed by atoms with E-state index in [0.717, 1.165) is 28.7 Å². The van der Waals surface area contributed by atoms with Crippen LogP contribution in [0.4, 0.5) is 23.2 Å². The van der Waals surface area contributed by atoms with Crippen LogP contribution in [-0.2, 0) is 6.18 Å². The van der Waals surface area contributed by atoms with Gasteiger partial charge in [0.15, 0.2) is 0 Å². The second kappa shape index (κ2) is 7.35. The molecular formula is C20H18F4N4. The Labute approximate surface area is 159 Å². The van der Waals surface area contributed by atoms with Crippen LogP contribution in [0.5, 0.6) is 0 Å². The fourth-order valence-electron chi connectivity index (χ4n) is 3.73. The van der Waals surface area contributed by atoms with Crippen molar-refractivity contribution in [2.45, 2.75) is 24.6 Å². The molecule has 4 rings (SSSR count). The fourth-order valence-corrected chi connectivity index (χ4v) is 3.73. The van der Waals surface area contributed by atoms with Crippen LogP contribution in [0.1, 0.15) is 23.5 Å². The maximum atomic E-state index is 14.1. The highest BCUT2D eigenvalue weighted by molar-refractivity contribution is 5.90. The van der Waals surface area contributed by atoms with Crippen LogP contribution < -0.4 is 10.6 Å². The molecule has 28 heavy (non-hydrogen) atoms. The van der Waals surface area contributed by atoms with Crippen molar-refractivity contribution in [2.75, 3.05) is 18.4 Å². The van der Waals surface area contributed by atoms with Gasteiger partial charge in [0.2, 0.25) is 0 Å². The molecule has 8 heteroatoms. The first-order valence-corrected chi connectivity index (χ1v) is 8.96. The summed E-state index contributed by atoms with van der Waals surface area (Å²) in [5.74, 6) is -1.36. The Morgan fingerprint density at radius 2 is 2.00 bits per heavy atom. The molecule has 2 N–H and O–H groups in total.